The third-order valence-corrected chi connectivity index (χ3v) is 9.67. The SMILES string of the molecule is COC(=O)Nc1ccc2c(c1)NC(=O)[C@H](C)CCC[C@H](N1CCC(c3c(Br)ccc(Cl)c3F)=CC1=O)c1cc-2c2c(n1)CCCO2. The van der Waals surface area contributed by atoms with E-state index in [9.17, 15) is 14.4 Å². The molecular weight excluding hydrogens is 679 g/mol. The number of anilines is 2. The van der Waals surface area contributed by atoms with E-state index >= 15 is 4.39 Å². The molecule has 2 N–H and O–H groups in total. The molecule has 0 saturated carbocycles. The lowest BCUT2D eigenvalue weighted by atomic mass is 9.91. The Hall–Kier alpha value is -3.96. The zero-order chi connectivity index (χ0) is 32.5. The fourth-order valence-electron chi connectivity index (χ4n) is 6.30. The Bertz CT molecular complexity index is 1770. The van der Waals surface area contributed by atoms with Gasteiger partial charge < -0.3 is 19.7 Å². The van der Waals surface area contributed by atoms with Gasteiger partial charge in [0.2, 0.25) is 11.8 Å². The smallest absolute Gasteiger partial charge is 0.411 e. The van der Waals surface area contributed by atoms with Crippen molar-refractivity contribution in [2.75, 3.05) is 30.9 Å². The van der Waals surface area contributed by atoms with E-state index < -0.39 is 11.9 Å². The second kappa shape index (κ2) is 13.4. The predicted molar refractivity (Wildman–Crippen MR) is 177 cm³/mol. The Morgan fingerprint density at radius 1 is 1.15 bits per heavy atom. The van der Waals surface area contributed by atoms with Gasteiger partial charge in [-0.05, 0) is 68.0 Å². The molecule has 46 heavy (non-hydrogen) atoms. The molecule has 3 amide bonds. The Kier molecular flexibility index (Phi) is 9.33. The molecule has 0 saturated heterocycles. The van der Waals surface area contributed by atoms with Crippen LogP contribution in [-0.4, -0.2) is 48.1 Å². The van der Waals surface area contributed by atoms with E-state index in [4.69, 9.17) is 26.1 Å². The number of hydrogen-bond acceptors (Lipinski definition) is 6. The molecule has 2 aromatic carbocycles. The summed E-state index contributed by atoms with van der Waals surface area (Å²) in [4.78, 5) is 46.0. The first-order valence-corrected chi connectivity index (χ1v) is 16.4. The number of carbonyl (C=O) groups excluding carboxylic acids is 3. The van der Waals surface area contributed by atoms with Crippen LogP contribution in [0.4, 0.5) is 20.6 Å². The van der Waals surface area contributed by atoms with Crippen LogP contribution in [0.15, 0.2) is 46.9 Å². The second-order valence-corrected chi connectivity index (χ2v) is 13.0. The van der Waals surface area contributed by atoms with Crippen LogP contribution in [0.3, 0.4) is 0 Å². The van der Waals surface area contributed by atoms with Crippen LogP contribution < -0.4 is 15.4 Å². The third-order valence-electron chi connectivity index (χ3n) is 8.71. The molecule has 0 radical (unpaired) electrons. The van der Waals surface area contributed by atoms with E-state index in [1.54, 1.807) is 23.1 Å². The number of fused-ring (bicyclic) bond motifs is 6. The number of ether oxygens (including phenoxy) is 2. The van der Waals surface area contributed by atoms with Gasteiger partial charge in [-0.2, -0.15) is 0 Å². The van der Waals surface area contributed by atoms with E-state index in [0.717, 1.165) is 23.4 Å². The summed E-state index contributed by atoms with van der Waals surface area (Å²) in [5.74, 6) is -0.656. The van der Waals surface area contributed by atoms with Crippen molar-refractivity contribution >= 4 is 62.4 Å². The minimum Gasteiger partial charge on any atom is -0.491 e. The summed E-state index contributed by atoms with van der Waals surface area (Å²) in [6, 6.07) is 9.96. The Labute approximate surface area is 279 Å². The van der Waals surface area contributed by atoms with Crippen molar-refractivity contribution in [2.45, 2.75) is 51.5 Å². The molecule has 4 heterocycles. The average Bonchev–Trinajstić information content (AvgIpc) is 3.04. The quantitative estimate of drug-likeness (QED) is 0.267. The molecule has 2 bridgehead atoms. The van der Waals surface area contributed by atoms with Gasteiger partial charge in [-0.25, -0.2) is 9.18 Å². The van der Waals surface area contributed by atoms with Crippen LogP contribution in [0.5, 0.6) is 5.75 Å². The van der Waals surface area contributed by atoms with Crippen LogP contribution in [0.25, 0.3) is 16.7 Å². The second-order valence-electron chi connectivity index (χ2n) is 11.7. The third kappa shape index (κ3) is 6.35. The molecule has 6 rings (SSSR count). The molecule has 3 aromatic rings. The van der Waals surface area contributed by atoms with Gasteiger partial charge >= 0.3 is 6.09 Å². The van der Waals surface area contributed by atoms with Crippen molar-refractivity contribution in [2.24, 2.45) is 5.92 Å². The Balaban J connectivity index is 1.45. The summed E-state index contributed by atoms with van der Waals surface area (Å²) in [7, 11) is 1.28. The zero-order valence-corrected chi connectivity index (χ0v) is 27.8. The number of nitrogens with one attached hydrogen (secondary N) is 2. The van der Waals surface area contributed by atoms with Gasteiger partial charge in [0.25, 0.3) is 0 Å². The number of hydrogen-bond donors (Lipinski definition) is 2. The monoisotopic (exact) mass is 710 g/mol. The number of pyridine rings is 1. The summed E-state index contributed by atoms with van der Waals surface area (Å²) in [5.41, 5.74) is 4.78. The summed E-state index contributed by atoms with van der Waals surface area (Å²) in [6.07, 6.45) is 4.62. The van der Waals surface area contributed by atoms with Crippen molar-refractivity contribution in [3.8, 4) is 16.9 Å². The lowest BCUT2D eigenvalue weighted by Gasteiger charge is -2.35. The van der Waals surface area contributed by atoms with E-state index in [-0.39, 0.29) is 28.8 Å². The maximum Gasteiger partial charge on any atom is 0.411 e. The molecule has 240 valence electrons. The largest absolute Gasteiger partial charge is 0.491 e. The van der Waals surface area contributed by atoms with Gasteiger partial charge in [-0.3, -0.25) is 19.9 Å². The van der Waals surface area contributed by atoms with Crippen LogP contribution in [0, 0.1) is 11.7 Å². The van der Waals surface area contributed by atoms with Crippen LogP contribution >= 0.6 is 27.5 Å². The van der Waals surface area contributed by atoms with Crippen molar-refractivity contribution in [1.29, 1.82) is 0 Å². The predicted octanol–water partition coefficient (Wildman–Crippen LogP) is 7.92. The summed E-state index contributed by atoms with van der Waals surface area (Å²) in [5, 5.41) is 5.72. The minimum atomic E-state index is -0.628. The first kappa shape index (κ1) is 32.0. The van der Waals surface area contributed by atoms with Gasteiger partial charge in [0, 0.05) is 45.4 Å². The average molecular weight is 712 g/mol. The molecule has 0 fully saturated rings. The molecular formula is C34H33BrClFN4O5. The van der Waals surface area contributed by atoms with E-state index in [1.165, 1.54) is 19.3 Å². The van der Waals surface area contributed by atoms with E-state index in [0.29, 0.717) is 83.6 Å². The maximum absolute atomic E-state index is 15.1. The number of aryl methyl sites for hydroxylation is 1. The number of benzene rings is 2. The van der Waals surface area contributed by atoms with Crippen molar-refractivity contribution < 1.29 is 28.2 Å². The number of carbonyl (C=O) groups is 3. The van der Waals surface area contributed by atoms with Gasteiger partial charge in [0.1, 0.15) is 11.6 Å². The molecule has 0 spiro atoms. The zero-order valence-electron chi connectivity index (χ0n) is 25.4. The lowest BCUT2D eigenvalue weighted by molar-refractivity contribution is -0.129. The number of nitrogens with zero attached hydrogens (tertiary/aromatic N) is 2. The molecule has 12 heteroatoms. The number of aromatic nitrogens is 1. The first-order chi connectivity index (χ1) is 22.1. The number of methoxy groups -OCH3 is 1. The highest BCUT2D eigenvalue weighted by molar-refractivity contribution is 9.10. The van der Waals surface area contributed by atoms with Crippen molar-refractivity contribution in [3.63, 3.8) is 0 Å². The standard InChI is InChI=1S/C34H33BrClFN4O5/c1-18-5-3-7-28(41-13-12-19(15-29(41)42)30-23(35)10-11-24(36)31(30)37)27-17-22(32-25(39-27)6-4-14-46-32)21-9-8-20(38-34(44)45-2)16-26(21)40-33(18)43/h8-11,15-18,28H,3-7,12-14H2,1-2H3,(H,38,44)(H,40,43)/t18-,28+/m1/s1. The summed E-state index contributed by atoms with van der Waals surface area (Å²) >= 11 is 9.50. The summed E-state index contributed by atoms with van der Waals surface area (Å²) in [6.45, 7) is 2.75. The van der Waals surface area contributed by atoms with Crippen LogP contribution in [0.2, 0.25) is 5.02 Å². The highest BCUT2D eigenvalue weighted by Gasteiger charge is 2.33. The number of halogens is 3. The summed E-state index contributed by atoms with van der Waals surface area (Å²) < 4.78 is 26.5. The topological polar surface area (TPSA) is 110 Å². The number of rotatable bonds is 3. The molecule has 1 aromatic heterocycles. The van der Waals surface area contributed by atoms with Crippen molar-refractivity contribution in [1.82, 2.24) is 9.88 Å². The Morgan fingerprint density at radius 3 is 2.76 bits per heavy atom. The first-order valence-electron chi connectivity index (χ1n) is 15.3. The van der Waals surface area contributed by atoms with Gasteiger partial charge in [0.05, 0.1) is 41.9 Å². The lowest BCUT2D eigenvalue weighted by Crippen LogP contribution is -2.38. The molecule has 3 aliphatic heterocycles. The fraction of sp³-hybridized carbons (Fsp3) is 0.353. The highest BCUT2D eigenvalue weighted by atomic mass is 79.9. The van der Waals surface area contributed by atoms with Gasteiger partial charge in [-0.15, -0.1) is 0 Å². The fourth-order valence-corrected chi connectivity index (χ4v) is 7.02. The Morgan fingerprint density at radius 2 is 1.98 bits per heavy atom. The van der Waals surface area contributed by atoms with Crippen molar-refractivity contribution in [3.05, 3.63) is 74.7 Å². The molecule has 0 unspecified atom stereocenters. The highest BCUT2D eigenvalue weighted by Crippen LogP contribution is 2.44. The molecule has 3 aliphatic rings. The van der Waals surface area contributed by atoms with E-state index in [2.05, 4.69) is 26.6 Å². The minimum absolute atomic E-state index is 0.00654. The maximum atomic E-state index is 15.1. The van der Waals surface area contributed by atoms with Gasteiger partial charge in [-0.1, -0.05) is 46.9 Å². The van der Waals surface area contributed by atoms with Crippen LogP contribution in [-0.2, 0) is 20.7 Å². The van der Waals surface area contributed by atoms with Crippen LogP contribution in [0.1, 0.15) is 62.0 Å². The molecule has 2 atom stereocenters. The van der Waals surface area contributed by atoms with E-state index in [1.807, 2.05) is 19.1 Å². The molecule has 9 nitrogen and oxygen atoms in total. The normalized spacial score (nSPS) is 19.8. The van der Waals surface area contributed by atoms with Gasteiger partial charge in [0.15, 0.2) is 0 Å². The molecule has 0 aliphatic carbocycles. The number of amides is 3.